The number of nitrogens with one attached hydrogen (secondary N) is 1. The first-order valence-electron chi connectivity index (χ1n) is 4.30. The molecular weight excluding hydrogens is 170 g/mol. The number of rotatable bonds is 5. The fraction of sp³-hybridized carbons (Fsp3) is 0.875. The van der Waals surface area contributed by atoms with E-state index in [2.05, 4.69) is 24.2 Å². The van der Waals surface area contributed by atoms with Crippen LogP contribution in [-0.2, 0) is 0 Å². The summed E-state index contributed by atoms with van der Waals surface area (Å²) in [5.74, 6) is 0. The van der Waals surface area contributed by atoms with Crippen LogP contribution < -0.4 is 11.1 Å². The Morgan fingerprint density at radius 2 is 2.33 bits per heavy atom. The zero-order valence-electron chi connectivity index (χ0n) is 8.13. The summed E-state index contributed by atoms with van der Waals surface area (Å²) < 4.78 is 0. The molecule has 0 aromatic rings. The summed E-state index contributed by atoms with van der Waals surface area (Å²) in [5.41, 5.74) is 5.56. The zero-order valence-corrected chi connectivity index (χ0v) is 8.95. The van der Waals surface area contributed by atoms with Gasteiger partial charge in [0, 0.05) is 18.8 Å². The highest BCUT2D eigenvalue weighted by Crippen LogP contribution is 2.08. The lowest BCUT2D eigenvalue weighted by atomic mass is 10.4. The Morgan fingerprint density at radius 1 is 1.67 bits per heavy atom. The summed E-state index contributed by atoms with van der Waals surface area (Å²) >= 11 is 1.62. The Kier molecular flexibility index (Phi) is 7.29. The van der Waals surface area contributed by atoms with Gasteiger partial charge in [-0.15, -0.1) is 0 Å². The Morgan fingerprint density at radius 3 is 2.83 bits per heavy atom. The van der Waals surface area contributed by atoms with Crippen molar-refractivity contribution >= 4 is 16.9 Å². The van der Waals surface area contributed by atoms with E-state index in [-0.39, 0.29) is 0 Å². The van der Waals surface area contributed by atoms with Crippen LogP contribution >= 0.6 is 11.8 Å². The third-order valence-electron chi connectivity index (χ3n) is 1.40. The van der Waals surface area contributed by atoms with Gasteiger partial charge in [0.2, 0.25) is 0 Å². The predicted molar refractivity (Wildman–Crippen MR) is 57.8 cm³/mol. The molecule has 0 aliphatic rings. The predicted octanol–water partition coefficient (Wildman–Crippen LogP) is 1.05. The van der Waals surface area contributed by atoms with Crippen LogP contribution in [0.3, 0.4) is 0 Å². The maximum Gasteiger partial charge on any atom is 0.153 e. The second-order valence-corrected chi connectivity index (χ2v) is 4.15. The topological polar surface area (TPSA) is 50.4 Å². The van der Waals surface area contributed by atoms with E-state index >= 15 is 0 Å². The molecule has 0 fully saturated rings. The largest absolute Gasteiger partial charge is 0.379 e. The van der Waals surface area contributed by atoms with Gasteiger partial charge < -0.3 is 11.1 Å². The van der Waals surface area contributed by atoms with Crippen molar-refractivity contribution in [1.29, 1.82) is 0 Å². The van der Waals surface area contributed by atoms with Crippen LogP contribution in [0.25, 0.3) is 0 Å². The molecule has 0 rings (SSSR count). The SMILES string of the molecule is CCCNC[C@H](C)SC(N)=NC. The molecule has 3 N–H and O–H groups in total. The van der Waals surface area contributed by atoms with Crippen LogP contribution in [0.15, 0.2) is 4.99 Å². The minimum absolute atomic E-state index is 0.500. The highest BCUT2D eigenvalue weighted by atomic mass is 32.2. The van der Waals surface area contributed by atoms with Gasteiger partial charge in [0.05, 0.1) is 0 Å². The van der Waals surface area contributed by atoms with Crippen LogP contribution in [0.5, 0.6) is 0 Å². The maximum absolute atomic E-state index is 5.56. The molecule has 0 amide bonds. The molecule has 0 bridgehead atoms. The van der Waals surface area contributed by atoms with Crippen molar-refractivity contribution in [1.82, 2.24) is 5.32 Å². The van der Waals surface area contributed by atoms with Crippen molar-refractivity contribution in [3.05, 3.63) is 0 Å². The maximum atomic E-state index is 5.56. The molecule has 12 heavy (non-hydrogen) atoms. The Balaban J connectivity index is 3.39. The molecule has 0 unspecified atom stereocenters. The van der Waals surface area contributed by atoms with E-state index in [4.69, 9.17) is 5.73 Å². The summed E-state index contributed by atoms with van der Waals surface area (Å²) in [6, 6.07) is 0. The lowest BCUT2D eigenvalue weighted by Crippen LogP contribution is -2.25. The monoisotopic (exact) mass is 189 g/mol. The van der Waals surface area contributed by atoms with Crippen molar-refractivity contribution in [2.24, 2.45) is 10.7 Å². The molecule has 0 heterocycles. The zero-order chi connectivity index (χ0) is 9.40. The molecule has 0 aromatic heterocycles. The van der Waals surface area contributed by atoms with Crippen molar-refractivity contribution in [3.8, 4) is 0 Å². The van der Waals surface area contributed by atoms with E-state index in [0.29, 0.717) is 10.4 Å². The molecule has 0 aromatic carbocycles. The average Bonchev–Trinajstić information content (AvgIpc) is 2.05. The van der Waals surface area contributed by atoms with Gasteiger partial charge in [-0.25, -0.2) is 0 Å². The van der Waals surface area contributed by atoms with E-state index in [1.54, 1.807) is 18.8 Å². The lowest BCUT2D eigenvalue weighted by Gasteiger charge is -2.10. The van der Waals surface area contributed by atoms with E-state index in [0.717, 1.165) is 13.1 Å². The minimum atomic E-state index is 0.500. The van der Waals surface area contributed by atoms with Crippen molar-refractivity contribution < 1.29 is 0 Å². The van der Waals surface area contributed by atoms with Gasteiger partial charge in [0.15, 0.2) is 5.17 Å². The summed E-state index contributed by atoms with van der Waals surface area (Å²) in [4.78, 5) is 3.89. The number of hydrogen-bond donors (Lipinski definition) is 2. The van der Waals surface area contributed by atoms with Gasteiger partial charge in [-0.05, 0) is 13.0 Å². The minimum Gasteiger partial charge on any atom is -0.379 e. The standard InChI is InChI=1S/C8H19N3S/c1-4-5-11-6-7(2)12-8(9)10-3/h7,11H,4-6H2,1-3H3,(H2,9,10)/t7-/m0/s1. The molecule has 0 aliphatic heterocycles. The van der Waals surface area contributed by atoms with Gasteiger partial charge in [0.1, 0.15) is 0 Å². The fourth-order valence-corrected chi connectivity index (χ4v) is 1.50. The molecule has 0 radical (unpaired) electrons. The van der Waals surface area contributed by atoms with Gasteiger partial charge in [-0.1, -0.05) is 25.6 Å². The quantitative estimate of drug-likeness (QED) is 0.386. The van der Waals surface area contributed by atoms with Gasteiger partial charge >= 0.3 is 0 Å². The first-order valence-corrected chi connectivity index (χ1v) is 5.18. The Bertz CT molecular complexity index is 136. The van der Waals surface area contributed by atoms with Gasteiger partial charge in [0.25, 0.3) is 0 Å². The van der Waals surface area contributed by atoms with Crippen LogP contribution in [-0.4, -0.2) is 30.6 Å². The van der Waals surface area contributed by atoms with Crippen LogP contribution in [0.1, 0.15) is 20.3 Å². The smallest absolute Gasteiger partial charge is 0.153 e. The van der Waals surface area contributed by atoms with E-state index in [1.807, 2.05) is 0 Å². The third-order valence-corrected chi connectivity index (χ3v) is 2.39. The molecule has 0 spiro atoms. The second-order valence-electron chi connectivity index (χ2n) is 2.69. The third kappa shape index (κ3) is 6.49. The molecule has 3 nitrogen and oxygen atoms in total. The average molecular weight is 189 g/mol. The molecule has 0 saturated heterocycles. The summed E-state index contributed by atoms with van der Waals surface area (Å²) in [7, 11) is 1.72. The molecule has 0 aliphatic carbocycles. The van der Waals surface area contributed by atoms with Crippen LogP contribution in [0.2, 0.25) is 0 Å². The molecule has 0 saturated carbocycles. The highest BCUT2D eigenvalue weighted by molar-refractivity contribution is 8.14. The number of amidine groups is 1. The van der Waals surface area contributed by atoms with Gasteiger partial charge in [-0.2, -0.15) is 0 Å². The highest BCUT2D eigenvalue weighted by Gasteiger charge is 2.03. The first kappa shape index (κ1) is 11.8. The molecule has 4 heteroatoms. The summed E-state index contributed by atoms with van der Waals surface area (Å²) in [6.45, 7) is 6.38. The van der Waals surface area contributed by atoms with E-state index < -0.39 is 0 Å². The Hall–Kier alpha value is -0.220. The van der Waals surface area contributed by atoms with Crippen molar-refractivity contribution in [3.63, 3.8) is 0 Å². The Labute approximate surface area is 79.2 Å². The van der Waals surface area contributed by atoms with E-state index in [9.17, 15) is 0 Å². The van der Waals surface area contributed by atoms with Crippen molar-refractivity contribution in [2.75, 3.05) is 20.1 Å². The second kappa shape index (κ2) is 7.43. The first-order chi connectivity index (χ1) is 5.70. The van der Waals surface area contributed by atoms with E-state index in [1.165, 1.54) is 6.42 Å². The number of nitrogens with zero attached hydrogens (tertiary/aromatic N) is 1. The van der Waals surface area contributed by atoms with Gasteiger partial charge in [-0.3, -0.25) is 4.99 Å². The number of hydrogen-bond acceptors (Lipinski definition) is 3. The summed E-state index contributed by atoms with van der Waals surface area (Å²) in [6.07, 6.45) is 1.18. The summed E-state index contributed by atoms with van der Waals surface area (Å²) in [5, 5.41) is 4.50. The number of thioether (sulfide) groups is 1. The molecule has 72 valence electrons. The fourth-order valence-electron chi connectivity index (χ4n) is 0.783. The normalized spacial score (nSPS) is 14.8. The van der Waals surface area contributed by atoms with Crippen LogP contribution in [0, 0.1) is 0 Å². The number of nitrogens with two attached hydrogens (primary N) is 1. The number of aliphatic imine (C=N–C) groups is 1. The van der Waals surface area contributed by atoms with Crippen LogP contribution in [0.4, 0.5) is 0 Å². The van der Waals surface area contributed by atoms with Crippen molar-refractivity contribution in [2.45, 2.75) is 25.5 Å². The molecule has 1 atom stereocenters. The molecular formula is C8H19N3S. The lowest BCUT2D eigenvalue weighted by molar-refractivity contribution is 0.670.